The van der Waals surface area contributed by atoms with Crippen LogP contribution in [0.4, 0.5) is 4.39 Å². The molecule has 5 nitrogen and oxygen atoms in total. The molecule has 2 atom stereocenters. The summed E-state index contributed by atoms with van der Waals surface area (Å²) >= 11 is 6.00. The number of H-pyrrole nitrogens is 1. The second kappa shape index (κ2) is 7.68. The summed E-state index contributed by atoms with van der Waals surface area (Å²) in [5.74, 6) is -0.774. The van der Waals surface area contributed by atoms with Crippen LogP contribution in [0.25, 0.3) is 11.3 Å². The van der Waals surface area contributed by atoms with Crippen molar-refractivity contribution in [3.05, 3.63) is 76.7 Å². The Bertz CT molecular complexity index is 911. The van der Waals surface area contributed by atoms with Crippen LogP contribution in [-0.2, 0) is 0 Å². The summed E-state index contributed by atoms with van der Waals surface area (Å²) in [5.41, 5.74) is 2.12. The number of hydrogen-bond acceptors (Lipinski definition) is 3. The number of nitrogens with zero attached hydrogens (tertiary/aromatic N) is 1. The van der Waals surface area contributed by atoms with E-state index in [0.717, 1.165) is 5.56 Å². The van der Waals surface area contributed by atoms with Gasteiger partial charge in [-0.3, -0.25) is 9.89 Å². The molecule has 3 rings (SSSR count). The fraction of sp³-hybridized carbons (Fsp3) is 0.158. The Morgan fingerprint density at radius 3 is 2.69 bits per heavy atom. The van der Waals surface area contributed by atoms with E-state index >= 15 is 0 Å². The molecule has 0 fully saturated rings. The highest BCUT2D eigenvalue weighted by Gasteiger charge is 2.22. The van der Waals surface area contributed by atoms with E-state index in [9.17, 15) is 14.3 Å². The number of benzene rings is 2. The molecule has 7 heteroatoms. The Hall–Kier alpha value is -2.70. The highest BCUT2D eigenvalue weighted by Crippen LogP contribution is 2.24. The van der Waals surface area contributed by atoms with E-state index in [4.69, 9.17) is 11.6 Å². The van der Waals surface area contributed by atoms with Gasteiger partial charge in [0, 0.05) is 10.6 Å². The first-order chi connectivity index (χ1) is 12.5. The van der Waals surface area contributed by atoms with Gasteiger partial charge in [0.05, 0.1) is 29.6 Å². The number of amides is 1. The maximum atomic E-state index is 13.0. The van der Waals surface area contributed by atoms with Crippen LogP contribution in [0, 0.1) is 5.82 Å². The van der Waals surface area contributed by atoms with Gasteiger partial charge in [-0.25, -0.2) is 4.39 Å². The number of aromatic amines is 1. The number of nitrogens with one attached hydrogen (secondary N) is 2. The fourth-order valence-electron chi connectivity index (χ4n) is 2.63. The van der Waals surface area contributed by atoms with Gasteiger partial charge in [-0.05, 0) is 36.8 Å². The Morgan fingerprint density at radius 1 is 1.27 bits per heavy atom. The summed E-state index contributed by atoms with van der Waals surface area (Å²) in [6.07, 6.45) is 0.448. The molecule has 0 spiro atoms. The molecule has 3 aromatic rings. The standard InChI is InChI=1S/C19H17ClFN3O2/c1-11(18(25)12-5-7-15(21)8-6-12)23-19(26)16-10-22-24-17(16)13-3-2-4-14(20)9-13/h2-11,18,25H,1H3,(H,22,24)(H,23,26). The van der Waals surface area contributed by atoms with Crippen LogP contribution in [0.3, 0.4) is 0 Å². The molecular weight excluding hydrogens is 357 g/mol. The van der Waals surface area contributed by atoms with Gasteiger partial charge in [-0.1, -0.05) is 35.9 Å². The SMILES string of the molecule is CC(NC(=O)c1cn[nH]c1-c1cccc(Cl)c1)C(O)c1ccc(F)cc1. The topological polar surface area (TPSA) is 78.0 Å². The summed E-state index contributed by atoms with van der Waals surface area (Å²) in [5, 5.41) is 20.4. The predicted octanol–water partition coefficient (Wildman–Crippen LogP) is 3.72. The van der Waals surface area contributed by atoms with E-state index < -0.39 is 12.1 Å². The van der Waals surface area contributed by atoms with Crippen LogP contribution in [-0.4, -0.2) is 27.3 Å². The number of carbonyl (C=O) groups excluding carboxylic acids is 1. The molecule has 0 aliphatic heterocycles. The van der Waals surface area contributed by atoms with Gasteiger partial charge in [0.25, 0.3) is 5.91 Å². The van der Waals surface area contributed by atoms with Crippen molar-refractivity contribution in [1.29, 1.82) is 0 Å². The number of rotatable bonds is 5. The van der Waals surface area contributed by atoms with Crippen molar-refractivity contribution in [1.82, 2.24) is 15.5 Å². The van der Waals surface area contributed by atoms with Gasteiger partial charge in [0.1, 0.15) is 5.82 Å². The zero-order valence-corrected chi connectivity index (χ0v) is 14.7. The highest BCUT2D eigenvalue weighted by molar-refractivity contribution is 6.30. The van der Waals surface area contributed by atoms with Crippen molar-refractivity contribution in [3.8, 4) is 11.3 Å². The molecule has 134 valence electrons. The van der Waals surface area contributed by atoms with E-state index in [1.165, 1.54) is 30.5 Å². The van der Waals surface area contributed by atoms with Crippen molar-refractivity contribution < 1.29 is 14.3 Å². The molecule has 0 bridgehead atoms. The molecule has 0 saturated heterocycles. The minimum absolute atomic E-state index is 0.338. The summed E-state index contributed by atoms with van der Waals surface area (Å²) in [6, 6.07) is 12.0. The number of aliphatic hydroxyl groups excluding tert-OH is 1. The zero-order valence-electron chi connectivity index (χ0n) is 13.9. The molecule has 1 amide bonds. The third kappa shape index (κ3) is 3.92. The lowest BCUT2D eigenvalue weighted by molar-refractivity contribution is 0.0852. The average molecular weight is 374 g/mol. The summed E-state index contributed by atoms with van der Waals surface area (Å²) in [7, 11) is 0. The molecule has 0 radical (unpaired) electrons. The lowest BCUT2D eigenvalue weighted by Gasteiger charge is -2.20. The first-order valence-electron chi connectivity index (χ1n) is 7.99. The number of carbonyl (C=O) groups is 1. The zero-order chi connectivity index (χ0) is 18.7. The largest absolute Gasteiger partial charge is 0.386 e. The molecule has 26 heavy (non-hydrogen) atoms. The van der Waals surface area contributed by atoms with Gasteiger partial charge in [-0.2, -0.15) is 5.10 Å². The monoisotopic (exact) mass is 373 g/mol. The van der Waals surface area contributed by atoms with Crippen LogP contribution in [0.5, 0.6) is 0 Å². The Balaban J connectivity index is 1.76. The van der Waals surface area contributed by atoms with E-state index in [-0.39, 0.29) is 11.7 Å². The van der Waals surface area contributed by atoms with Crippen molar-refractivity contribution in [2.75, 3.05) is 0 Å². The number of aliphatic hydroxyl groups is 1. The molecule has 0 saturated carbocycles. The molecule has 1 aromatic heterocycles. The second-order valence-corrected chi connectivity index (χ2v) is 6.36. The van der Waals surface area contributed by atoms with E-state index in [0.29, 0.717) is 21.8 Å². The van der Waals surface area contributed by atoms with Gasteiger partial charge in [-0.15, -0.1) is 0 Å². The Morgan fingerprint density at radius 2 is 2.00 bits per heavy atom. The van der Waals surface area contributed by atoms with Gasteiger partial charge in [0.15, 0.2) is 0 Å². The molecule has 1 heterocycles. The van der Waals surface area contributed by atoms with E-state index in [2.05, 4.69) is 15.5 Å². The van der Waals surface area contributed by atoms with Crippen LogP contribution in [0.2, 0.25) is 5.02 Å². The summed E-state index contributed by atoms with van der Waals surface area (Å²) in [4.78, 5) is 12.6. The van der Waals surface area contributed by atoms with E-state index in [1.54, 1.807) is 25.1 Å². The summed E-state index contributed by atoms with van der Waals surface area (Å²) in [6.45, 7) is 1.67. The Labute approximate surface area is 154 Å². The van der Waals surface area contributed by atoms with Crippen LogP contribution < -0.4 is 5.32 Å². The summed E-state index contributed by atoms with van der Waals surface area (Å²) < 4.78 is 13.0. The molecule has 0 aliphatic rings. The quantitative estimate of drug-likeness (QED) is 0.637. The third-order valence-electron chi connectivity index (χ3n) is 4.04. The van der Waals surface area contributed by atoms with Crippen molar-refractivity contribution in [3.63, 3.8) is 0 Å². The van der Waals surface area contributed by atoms with Crippen molar-refractivity contribution in [2.24, 2.45) is 0 Å². The van der Waals surface area contributed by atoms with Gasteiger partial charge < -0.3 is 10.4 Å². The highest BCUT2D eigenvalue weighted by atomic mass is 35.5. The molecule has 2 unspecified atom stereocenters. The van der Waals surface area contributed by atoms with Crippen LogP contribution in [0.1, 0.15) is 28.9 Å². The first kappa shape index (κ1) is 18.1. The fourth-order valence-corrected chi connectivity index (χ4v) is 2.82. The lowest BCUT2D eigenvalue weighted by Crippen LogP contribution is -2.37. The van der Waals surface area contributed by atoms with Gasteiger partial charge >= 0.3 is 0 Å². The number of hydrogen-bond donors (Lipinski definition) is 3. The normalized spacial score (nSPS) is 13.2. The first-order valence-corrected chi connectivity index (χ1v) is 8.37. The predicted molar refractivity (Wildman–Crippen MR) is 97.3 cm³/mol. The number of halogens is 2. The Kier molecular flexibility index (Phi) is 5.35. The van der Waals surface area contributed by atoms with E-state index in [1.807, 2.05) is 6.07 Å². The van der Waals surface area contributed by atoms with Gasteiger partial charge in [0.2, 0.25) is 0 Å². The van der Waals surface area contributed by atoms with Crippen LogP contribution in [0.15, 0.2) is 54.7 Å². The molecule has 0 aliphatic carbocycles. The average Bonchev–Trinajstić information content (AvgIpc) is 3.11. The minimum atomic E-state index is -0.971. The van der Waals surface area contributed by atoms with Crippen LogP contribution >= 0.6 is 11.6 Å². The molecule has 2 aromatic carbocycles. The molecular formula is C19H17ClFN3O2. The second-order valence-electron chi connectivity index (χ2n) is 5.93. The third-order valence-corrected chi connectivity index (χ3v) is 4.28. The molecule has 3 N–H and O–H groups in total. The van der Waals surface area contributed by atoms with Crippen molar-refractivity contribution in [2.45, 2.75) is 19.1 Å². The van der Waals surface area contributed by atoms with Crippen molar-refractivity contribution >= 4 is 17.5 Å². The maximum absolute atomic E-state index is 13.0. The maximum Gasteiger partial charge on any atom is 0.255 e. The lowest BCUT2D eigenvalue weighted by atomic mass is 10.0. The minimum Gasteiger partial charge on any atom is -0.386 e. The smallest absolute Gasteiger partial charge is 0.255 e. The number of aromatic nitrogens is 2.